The molecule has 0 atom stereocenters. The van der Waals surface area contributed by atoms with Crippen LogP contribution < -0.4 is 10.1 Å². The minimum Gasteiger partial charge on any atom is -0.455 e. The molecule has 4 aromatic carbocycles. The van der Waals surface area contributed by atoms with Crippen molar-refractivity contribution in [3.63, 3.8) is 0 Å². The summed E-state index contributed by atoms with van der Waals surface area (Å²) in [5.74, 6) is -0.0254. The van der Waals surface area contributed by atoms with E-state index in [4.69, 9.17) is 16.3 Å². The van der Waals surface area contributed by atoms with Crippen LogP contribution in [0.4, 0.5) is 10.1 Å². The topological polar surface area (TPSA) is 75.7 Å². The summed E-state index contributed by atoms with van der Waals surface area (Å²) in [5.41, 5.74) is 0.909. The van der Waals surface area contributed by atoms with E-state index >= 15 is 0 Å². The van der Waals surface area contributed by atoms with E-state index in [1.54, 1.807) is 36.4 Å². The summed E-state index contributed by atoms with van der Waals surface area (Å²) in [5, 5.41) is 3.12. The first-order chi connectivity index (χ1) is 17.3. The number of nitrogens with one attached hydrogen (secondary N) is 1. The molecular weight excluding hydrogens is 503 g/mol. The smallest absolute Gasteiger partial charge is 0.243 e. The first-order valence-electron chi connectivity index (χ1n) is 10.9. The highest BCUT2D eigenvalue weighted by Gasteiger charge is 2.27. The van der Waals surface area contributed by atoms with E-state index in [1.807, 2.05) is 18.2 Å². The van der Waals surface area contributed by atoms with Gasteiger partial charge in [0.15, 0.2) is 5.75 Å². The largest absolute Gasteiger partial charge is 0.455 e. The quantitative estimate of drug-likeness (QED) is 0.287. The third-order valence-electron chi connectivity index (χ3n) is 5.18. The number of hydrogen-bond donors (Lipinski definition) is 1. The molecule has 0 aliphatic rings. The number of ether oxygens (including phenoxy) is 1. The van der Waals surface area contributed by atoms with Crippen molar-refractivity contribution in [2.45, 2.75) is 11.4 Å². The Labute approximate surface area is 214 Å². The van der Waals surface area contributed by atoms with E-state index in [0.29, 0.717) is 27.8 Å². The number of benzene rings is 4. The SMILES string of the molecule is O=C(CN(Cc1ccc(F)cc1)S(=O)(=O)c1ccc(Cl)cc1)Nc1ccccc1Oc1ccccc1. The molecule has 0 unspecified atom stereocenters. The maximum atomic E-state index is 13.4. The summed E-state index contributed by atoms with van der Waals surface area (Å²) in [6.45, 7) is -0.622. The molecule has 0 heterocycles. The second-order valence-corrected chi connectivity index (χ2v) is 10.2. The zero-order chi connectivity index (χ0) is 25.5. The number of carbonyl (C=O) groups excluding carboxylic acids is 1. The van der Waals surface area contributed by atoms with Gasteiger partial charge in [0.05, 0.1) is 17.1 Å². The van der Waals surface area contributed by atoms with Crippen LogP contribution in [0.3, 0.4) is 0 Å². The van der Waals surface area contributed by atoms with Crippen molar-refractivity contribution in [1.82, 2.24) is 4.31 Å². The molecular formula is C27H22ClFN2O4S. The van der Waals surface area contributed by atoms with Crippen LogP contribution in [0.2, 0.25) is 5.02 Å². The van der Waals surface area contributed by atoms with E-state index < -0.39 is 28.3 Å². The van der Waals surface area contributed by atoms with Gasteiger partial charge in [0.25, 0.3) is 0 Å². The van der Waals surface area contributed by atoms with Gasteiger partial charge >= 0.3 is 0 Å². The average molecular weight is 525 g/mol. The molecule has 184 valence electrons. The summed E-state index contributed by atoms with van der Waals surface area (Å²) in [6.07, 6.45) is 0. The van der Waals surface area contributed by atoms with E-state index in [0.717, 1.165) is 4.31 Å². The van der Waals surface area contributed by atoms with Crippen molar-refractivity contribution in [3.05, 3.63) is 120 Å². The Morgan fingerprint density at radius 1 is 0.861 bits per heavy atom. The molecule has 4 aromatic rings. The van der Waals surface area contributed by atoms with Crippen molar-refractivity contribution >= 4 is 33.2 Å². The van der Waals surface area contributed by atoms with Gasteiger partial charge in [-0.15, -0.1) is 0 Å². The highest BCUT2D eigenvalue weighted by Crippen LogP contribution is 2.29. The van der Waals surface area contributed by atoms with Crippen molar-refractivity contribution in [2.75, 3.05) is 11.9 Å². The van der Waals surface area contributed by atoms with E-state index in [1.165, 1.54) is 48.5 Å². The van der Waals surface area contributed by atoms with Gasteiger partial charge < -0.3 is 10.1 Å². The summed E-state index contributed by atoms with van der Waals surface area (Å²) in [7, 11) is -4.08. The van der Waals surface area contributed by atoms with Crippen LogP contribution >= 0.6 is 11.6 Å². The summed E-state index contributed by atoms with van der Waals surface area (Å²) >= 11 is 5.91. The second-order valence-electron chi connectivity index (χ2n) is 7.81. The molecule has 0 aliphatic carbocycles. The summed E-state index contributed by atoms with van der Waals surface area (Å²) < 4.78 is 47.1. The number of amides is 1. The number of rotatable bonds is 9. The molecule has 0 saturated heterocycles. The standard InChI is InChI=1S/C27H22ClFN2O4S/c28-21-12-16-24(17-13-21)36(33,34)31(18-20-10-14-22(29)15-11-20)19-27(32)30-25-8-4-5-9-26(25)35-23-6-2-1-3-7-23/h1-17H,18-19H2,(H,30,32). The van der Waals surface area contributed by atoms with Gasteiger partial charge in [-0.25, -0.2) is 12.8 Å². The molecule has 0 radical (unpaired) electrons. The fourth-order valence-corrected chi connectivity index (χ4v) is 4.91. The summed E-state index contributed by atoms with van der Waals surface area (Å²) in [6, 6.07) is 27.0. The molecule has 0 aromatic heterocycles. The van der Waals surface area contributed by atoms with Crippen LogP contribution in [0.25, 0.3) is 0 Å². The maximum Gasteiger partial charge on any atom is 0.243 e. The molecule has 1 N–H and O–H groups in total. The molecule has 0 aliphatic heterocycles. The van der Waals surface area contributed by atoms with Gasteiger partial charge in [0.1, 0.15) is 11.6 Å². The third kappa shape index (κ3) is 6.48. The van der Waals surface area contributed by atoms with Crippen molar-refractivity contribution in [2.24, 2.45) is 0 Å². The molecule has 9 heteroatoms. The molecule has 0 fully saturated rings. The number of nitrogens with zero attached hydrogens (tertiary/aromatic N) is 1. The van der Waals surface area contributed by atoms with Crippen molar-refractivity contribution in [3.8, 4) is 11.5 Å². The van der Waals surface area contributed by atoms with Crippen LogP contribution in [-0.2, 0) is 21.4 Å². The molecule has 1 amide bonds. The monoisotopic (exact) mass is 524 g/mol. The molecule has 0 saturated carbocycles. The Morgan fingerprint density at radius 3 is 2.19 bits per heavy atom. The Kier molecular flexibility index (Phi) is 8.00. The van der Waals surface area contributed by atoms with Crippen LogP contribution in [0, 0.1) is 5.82 Å². The van der Waals surface area contributed by atoms with Crippen LogP contribution in [0.5, 0.6) is 11.5 Å². The average Bonchev–Trinajstić information content (AvgIpc) is 2.87. The van der Waals surface area contributed by atoms with Crippen molar-refractivity contribution < 1.29 is 22.3 Å². The maximum absolute atomic E-state index is 13.4. The minimum absolute atomic E-state index is 0.0189. The van der Waals surface area contributed by atoms with Crippen LogP contribution in [0.1, 0.15) is 5.56 Å². The van der Waals surface area contributed by atoms with Gasteiger partial charge in [0, 0.05) is 11.6 Å². The van der Waals surface area contributed by atoms with Gasteiger partial charge in [0.2, 0.25) is 15.9 Å². The molecule has 36 heavy (non-hydrogen) atoms. The normalized spacial score (nSPS) is 11.3. The molecule has 4 rings (SSSR count). The highest BCUT2D eigenvalue weighted by molar-refractivity contribution is 7.89. The zero-order valence-electron chi connectivity index (χ0n) is 19.0. The predicted octanol–water partition coefficient (Wildman–Crippen LogP) is 6.10. The lowest BCUT2D eigenvalue weighted by atomic mass is 10.2. The Hall–Kier alpha value is -3.72. The van der Waals surface area contributed by atoms with E-state index in [-0.39, 0.29) is 11.4 Å². The third-order valence-corrected chi connectivity index (χ3v) is 7.23. The number of carbonyl (C=O) groups is 1. The number of anilines is 1. The lowest BCUT2D eigenvalue weighted by Crippen LogP contribution is -2.37. The Balaban J connectivity index is 1.57. The first kappa shape index (κ1) is 25.4. The fourth-order valence-electron chi connectivity index (χ4n) is 3.40. The lowest BCUT2D eigenvalue weighted by molar-refractivity contribution is -0.116. The van der Waals surface area contributed by atoms with Gasteiger partial charge in [-0.2, -0.15) is 4.31 Å². The van der Waals surface area contributed by atoms with Crippen molar-refractivity contribution in [1.29, 1.82) is 0 Å². The minimum atomic E-state index is -4.08. The first-order valence-corrected chi connectivity index (χ1v) is 12.7. The van der Waals surface area contributed by atoms with Crippen LogP contribution in [0.15, 0.2) is 108 Å². The predicted molar refractivity (Wildman–Crippen MR) is 137 cm³/mol. The number of sulfonamides is 1. The summed E-state index contributed by atoms with van der Waals surface area (Å²) in [4.78, 5) is 13.0. The zero-order valence-corrected chi connectivity index (χ0v) is 20.5. The van der Waals surface area contributed by atoms with Gasteiger partial charge in [-0.3, -0.25) is 4.79 Å². The van der Waals surface area contributed by atoms with Gasteiger partial charge in [-0.05, 0) is 66.2 Å². The number of para-hydroxylation sites is 3. The highest BCUT2D eigenvalue weighted by atomic mass is 35.5. The molecule has 0 bridgehead atoms. The number of halogens is 2. The van der Waals surface area contributed by atoms with E-state index in [2.05, 4.69) is 5.32 Å². The number of hydrogen-bond acceptors (Lipinski definition) is 4. The Bertz CT molecular complexity index is 1430. The van der Waals surface area contributed by atoms with Gasteiger partial charge in [-0.1, -0.05) is 54.1 Å². The molecule has 0 spiro atoms. The molecule has 6 nitrogen and oxygen atoms in total. The second kappa shape index (κ2) is 11.3. The Morgan fingerprint density at radius 2 is 1.50 bits per heavy atom. The fraction of sp³-hybridized carbons (Fsp3) is 0.0741. The van der Waals surface area contributed by atoms with Crippen LogP contribution in [-0.4, -0.2) is 25.2 Å². The lowest BCUT2D eigenvalue weighted by Gasteiger charge is -2.22. The van der Waals surface area contributed by atoms with E-state index in [9.17, 15) is 17.6 Å².